The van der Waals surface area contributed by atoms with Gasteiger partial charge in [0, 0.05) is 31.1 Å². The maximum Gasteiger partial charge on any atom is 0.252 e. The third kappa shape index (κ3) is 3.35. The Kier molecular flexibility index (Phi) is 4.24. The van der Waals surface area contributed by atoms with Gasteiger partial charge >= 0.3 is 0 Å². The van der Waals surface area contributed by atoms with Gasteiger partial charge in [-0.05, 0) is 26.9 Å². The average Bonchev–Trinajstić information content (AvgIpc) is 2.49. The van der Waals surface area contributed by atoms with E-state index >= 15 is 0 Å². The van der Waals surface area contributed by atoms with Crippen molar-refractivity contribution >= 4 is 5.82 Å². The summed E-state index contributed by atoms with van der Waals surface area (Å²) in [5.74, 6) is 1.82. The molecule has 0 spiro atoms. The largest absolute Gasteiger partial charge is 0.352 e. The molecule has 106 valence electrons. The number of likely N-dealkylation sites (N-methyl/N-ethyl adjacent to an activating group) is 1. The van der Waals surface area contributed by atoms with Crippen molar-refractivity contribution in [3.05, 3.63) is 22.2 Å². The van der Waals surface area contributed by atoms with Crippen LogP contribution in [0.5, 0.6) is 0 Å². The van der Waals surface area contributed by atoms with Gasteiger partial charge < -0.3 is 14.8 Å². The Morgan fingerprint density at radius 3 is 2.84 bits per heavy atom. The third-order valence-electron chi connectivity index (χ3n) is 3.63. The van der Waals surface area contributed by atoms with E-state index in [9.17, 15) is 4.79 Å². The Labute approximate surface area is 114 Å². The molecule has 2 heterocycles. The molecule has 1 fully saturated rings. The van der Waals surface area contributed by atoms with E-state index in [1.807, 2.05) is 13.8 Å². The van der Waals surface area contributed by atoms with Gasteiger partial charge in [-0.25, -0.2) is 4.98 Å². The first-order valence-electron chi connectivity index (χ1n) is 7.04. The number of anilines is 1. The Hall–Kier alpha value is -1.36. The number of hydrogen-bond donors (Lipinski definition) is 1. The molecule has 0 amide bonds. The Balaban J connectivity index is 2.32. The Morgan fingerprint density at radius 1 is 1.42 bits per heavy atom. The number of nitrogens with zero attached hydrogens (tertiary/aromatic N) is 3. The highest BCUT2D eigenvalue weighted by molar-refractivity contribution is 5.39. The minimum absolute atomic E-state index is 0.0569. The van der Waals surface area contributed by atoms with Gasteiger partial charge in [-0.2, -0.15) is 0 Å². The van der Waals surface area contributed by atoms with Gasteiger partial charge in [-0.3, -0.25) is 4.79 Å². The SMILES string of the molecule is CC(C)c1nc(N2CCCN(C)CC2C)cc(=O)[nH]1. The van der Waals surface area contributed by atoms with Crippen molar-refractivity contribution in [3.63, 3.8) is 0 Å². The van der Waals surface area contributed by atoms with Gasteiger partial charge in [0.2, 0.25) is 0 Å². The van der Waals surface area contributed by atoms with Crippen LogP contribution in [0.2, 0.25) is 0 Å². The van der Waals surface area contributed by atoms with Gasteiger partial charge in [0.05, 0.1) is 0 Å². The smallest absolute Gasteiger partial charge is 0.252 e. The summed E-state index contributed by atoms with van der Waals surface area (Å²) >= 11 is 0. The molecule has 1 aliphatic heterocycles. The van der Waals surface area contributed by atoms with E-state index < -0.39 is 0 Å². The fourth-order valence-corrected chi connectivity index (χ4v) is 2.60. The van der Waals surface area contributed by atoms with E-state index in [4.69, 9.17) is 0 Å². The van der Waals surface area contributed by atoms with Crippen LogP contribution in [0.3, 0.4) is 0 Å². The lowest BCUT2D eigenvalue weighted by Gasteiger charge is -2.29. The van der Waals surface area contributed by atoms with Crippen LogP contribution in [0, 0.1) is 0 Å². The van der Waals surface area contributed by atoms with Crippen molar-refractivity contribution < 1.29 is 0 Å². The fourth-order valence-electron chi connectivity index (χ4n) is 2.60. The second kappa shape index (κ2) is 5.74. The zero-order valence-corrected chi connectivity index (χ0v) is 12.3. The molecule has 2 rings (SSSR count). The fraction of sp³-hybridized carbons (Fsp3) is 0.714. The highest BCUT2D eigenvalue weighted by Gasteiger charge is 2.21. The van der Waals surface area contributed by atoms with Gasteiger partial charge in [0.25, 0.3) is 5.56 Å². The monoisotopic (exact) mass is 264 g/mol. The summed E-state index contributed by atoms with van der Waals surface area (Å²) in [7, 11) is 2.14. The number of nitrogens with one attached hydrogen (secondary N) is 1. The average molecular weight is 264 g/mol. The molecule has 0 saturated carbocycles. The van der Waals surface area contributed by atoms with E-state index in [0.29, 0.717) is 6.04 Å². The minimum atomic E-state index is -0.0569. The zero-order valence-electron chi connectivity index (χ0n) is 12.3. The van der Waals surface area contributed by atoms with E-state index in [0.717, 1.165) is 37.7 Å². The Morgan fingerprint density at radius 2 is 2.16 bits per heavy atom. The Bertz CT molecular complexity index is 483. The summed E-state index contributed by atoms with van der Waals surface area (Å²) in [6.07, 6.45) is 1.10. The highest BCUT2D eigenvalue weighted by Crippen LogP contribution is 2.18. The lowest BCUT2D eigenvalue weighted by atomic mass is 10.2. The standard InChI is InChI=1S/C14H24N4O/c1-10(2)14-15-12(8-13(19)16-14)18-7-5-6-17(4)9-11(18)3/h8,10-11H,5-7,9H2,1-4H3,(H,15,16,19). The molecule has 0 aromatic carbocycles. The summed E-state index contributed by atoms with van der Waals surface area (Å²) in [5, 5.41) is 0. The summed E-state index contributed by atoms with van der Waals surface area (Å²) < 4.78 is 0. The predicted octanol–water partition coefficient (Wildman–Crippen LogP) is 1.42. The molecule has 1 saturated heterocycles. The maximum atomic E-state index is 11.8. The van der Waals surface area contributed by atoms with Crippen LogP contribution in [0.4, 0.5) is 5.82 Å². The van der Waals surface area contributed by atoms with Crippen LogP contribution < -0.4 is 10.5 Å². The molecule has 5 heteroatoms. The summed E-state index contributed by atoms with van der Waals surface area (Å²) in [4.78, 5) is 23.8. The molecule has 0 bridgehead atoms. The lowest BCUT2D eigenvalue weighted by molar-refractivity contribution is 0.337. The van der Waals surface area contributed by atoms with Gasteiger partial charge in [0.15, 0.2) is 0 Å². The van der Waals surface area contributed by atoms with Crippen LogP contribution in [-0.2, 0) is 0 Å². The lowest BCUT2D eigenvalue weighted by Crippen LogP contribution is -2.39. The number of H-pyrrole nitrogens is 1. The van der Waals surface area contributed by atoms with Gasteiger partial charge in [0.1, 0.15) is 11.6 Å². The predicted molar refractivity (Wildman–Crippen MR) is 77.9 cm³/mol. The molecule has 1 aromatic rings. The first kappa shape index (κ1) is 14.1. The number of aromatic nitrogens is 2. The second-order valence-corrected chi connectivity index (χ2v) is 5.80. The molecular formula is C14H24N4O. The molecule has 1 aliphatic rings. The summed E-state index contributed by atoms with van der Waals surface area (Å²) in [6, 6.07) is 2.00. The van der Waals surface area contributed by atoms with Crippen LogP contribution in [0.1, 0.15) is 38.9 Å². The van der Waals surface area contributed by atoms with Crippen molar-refractivity contribution in [2.45, 2.75) is 39.2 Å². The van der Waals surface area contributed by atoms with E-state index in [2.05, 4.69) is 33.7 Å². The molecule has 1 aromatic heterocycles. The van der Waals surface area contributed by atoms with E-state index in [1.54, 1.807) is 6.07 Å². The summed E-state index contributed by atoms with van der Waals surface area (Å²) in [5.41, 5.74) is -0.0569. The quantitative estimate of drug-likeness (QED) is 0.878. The molecular weight excluding hydrogens is 240 g/mol. The molecule has 1 unspecified atom stereocenters. The van der Waals surface area contributed by atoms with Crippen molar-refractivity contribution in [1.82, 2.24) is 14.9 Å². The summed E-state index contributed by atoms with van der Waals surface area (Å²) in [6.45, 7) is 9.34. The van der Waals surface area contributed by atoms with Crippen LogP contribution in [-0.4, -0.2) is 47.6 Å². The van der Waals surface area contributed by atoms with Crippen LogP contribution in [0.25, 0.3) is 0 Å². The normalized spacial score (nSPS) is 21.7. The minimum Gasteiger partial charge on any atom is -0.352 e. The highest BCUT2D eigenvalue weighted by atomic mass is 16.1. The van der Waals surface area contributed by atoms with Gasteiger partial charge in [-0.1, -0.05) is 13.8 Å². The molecule has 19 heavy (non-hydrogen) atoms. The van der Waals surface area contributed by atoms with E-state index in [-0.39, 0.29) is 11.5 Å². The van der Waals surface area contributed by atoms with Crippen molar-refractivity contribution in [1.29, 1.82) is 0 Å². The van der Waals surface area contributed by atoms with Crippen molar-refractivity contribution in [2.24, 2.45) is 0 Å². The molecule has 1 N–H and O–H groups in total. The first-order valence-corrected chi connectivity index (χ1v) is 7.04. The molecule has 5 nitrogen and oxygen atoms in total. The maximum absolute atomic E-state index is 11.8. The third-order valence-corrected chi connectivity index (χ3v) is 3.63. The zero-order chi connectivity index (χ0) is 14.0. The first-order chi connectivity index (χ1) is 8.97. The number of hydrogen-bond acceptors (Lipinski definition) is 4. The molecule has 1 atom stereocenters. The second-order valence-electron chi connectivity index (χ2n) is 5.80. The number of rotatable bonds is 2. The van der Waals surface area contributed by atoms with Crippen LogP contribution >= 0.6 is 0 Å². The van der Waals surface area contributed by atoms with Crippen molar-refractivity contribution in [2.75, 3.05) is 31.6 Å². The van der Waals surface area contributed by atoms with Crippen LogP contribution in [0.15, 0.2) is 10.9 Å². The van der Waals surface area contributed by atoms with E-state index in [1.165, 1.54) is 0 Å². The number of aromatic amines is 1. The molecule has 0 radical (unpaired) electrons. The van der Waals surface area contributed by atoms with Crippen molar-refractivity contribution in [3.8, 4) is 0 Å². The topological polar surface area (TPSA) is 52.2 Å². The van der Waals surface area contributed by atoms with Gasteiger partial charge in [-0.15, -0.1) is 0 Å². The molecule has 0 aliphatic carbocycles.